The van der Waals surface area contributed by atoms with Crippen LogP contribution in [0.1, 0.15) is 12.8 Å². The molecule has 2 aliphatic carbocycles. The summed E-state index contributed by atoms with van der Waals surface area (Å²) in [6, 6.07) is 0. The predicted octanol–water partition coefficient (Wildman–Crippen LogP) is 1.78. The van der Waals surface area contributed by atoms with Crippen molar-refractivity contribution < 1.29 is 14.7 Å². The molecule has 0 aromatic heterocycles. The standard InChI is InChI=1S/C12H10O3/c13-9-4-1-3-8(7-9)12-10(14)5-2-6-11(12)15/h1-3,5,7,14H,4,6H2. The highest BCUT2D eigenvalue weighted by atomic mass is 16.3. The van der Waals surface area contributed by atoms with Crippen molar-refractivity contribution in [2.75, 3.05) is 0 Å². The lowest BCUT2D eigenvalue weighted by atomic mass is 9.91. The Kier molecular flexibility index (Phi) is 2.37. The molecule has 0 aliphatic heterocycles. The molecule has 0 saturated heterocycles. The van der Waals surface area contributed by atoms with E-state index in [1.54, 1.807) is 18.2 Å². The predicted molar refractivity (Wildman–Crippen MR) is 55.3 cm³/mol. The maximum absolute atomic E-state index is 11.6. The van der Waals surface area contributed by atoms with Crippen molar-refractivity contribution in [3.05, 3.63) is 47.3 Å². The maximum atomic E-state index is 11.6. The maximum Gasteiger partial charge on any atom is 0.170 e. The van der Waals surface area contributed by atoms with E-state index in [0.717, 1.165) is 0 Å². The third-order valence-corrected chi connectivity index (χ3v) is 2.34. The zero-order chi connectivity index (χ0) is 10.8. The fraction of sp³-hybridized carbons (Fsp3) is 0.167. The molecular weight excluding hydrogens is 192 g/mol. The van der Waals surface area contributed by atoms with Crippen molar-refractivity contribution in [3.63, 3.8) is 0 Å². The van der Waals surface area contributed by atoms with Gasteiger partial charge >= 0.3 is 0 Å². The number of ketones is 2. The van der Waals surface area contributed by atoms with E-state index in [0.29, 0.717) is 12.0 Å². The summed E-state index contributed by atoms with van der Waals surface area (Å²) in [4.78, 5) is 22.7. The van der Waals surface area contributed by atoms with E-state index >= 15 is 0 Å². The van der Waals surface area contributed by atoms with Crippen LogP contribution >= 0.6 is 0 Å². The molecule has 0 spiro atoms. The average molecular weight is 202 g/mol. The van der Waals surface area contributed by atoms with Crippen LogP contribution in [0.25, 0.3) is 0 Å². The first-order valence-electron chi connectivity index (χ1n) is 4.73. The second-order valence-corrected chi connectivity index (χ2v) is 3.46. The Morgan fingerprint density at radius 1 is 1.07 bits per heavy atom. The Balaban J connectivity index is 2.45. The molecule has 0 amide bonds. The van der Waals surface area contributed by atoms with E-state index in [2.05, 4.69) is 0 Å². The molecule has 0 aromatic carbocycles. The van der Waals surface area contributed by atoms with Gasteiger partial charge in [0.15, 0.2) is 11.6 Å². The molecule has 15 heavy (non-hydrogen) atoms. The Hall–Kier alpha value is -1.90. The van der Waals surface area contributed by atoms with E-state index in [9.17, 15) is 14.7 Å². The molecule has 3 nitrogen and oxygen atoms in total. The lowest BCUT2D eigenvalue weighted by Crippen LogP contribution is -2.12. The van der Waals surface area contributed by atoms with Gasteiger partial charge in [-0.25, -0.2) is 0 Å². The first kappa shape index (κ1) is 9.65. The van der Waals surface area contributed by atoms with Gasteiger partial charge in [-0.15, -0.1) is 0 Å². The summed E-state index contributed by atoms with van der Waals surface area (Å²) in [5, 5.41) is 9.56. The third-order valence-electron chi connectivity index (χ3n) is 2.34. The van der Waals surface area contributed by atoms with Crippen LogP contribution in [0.4, 0.5) is 0 Å². The number of allylic oxidation sites excluding steroid dienone is 7. The lowest BCUT2D eigenvalue weighted by molar-refractivity contribution is -0.114. The van der Waals surface area contributed by atoms with Gasteiger partial charge < -0.3 is 5.11 Å². The van der Waals surface area contributed by atoms with E-state index in [1.807, 2.05) is 0 Å². The molecule has 0 atom stereocenters. The molecule has 0 bridgehead atoms. The van der Waals surface area contributed by atoms with Gasteiger partial charge in [-0.1, -0.05) is 18.2 Å². The molecule has 0 saturated carbocycles. The van der Waals surface area contributed by atoms with Crippen LogP contribution in [0.3, 0.4) is 0 Å². The molecule has 0 heterocycles. The lowest BCUT2D eigenvalue weighted by Gasteiger charge is -2.13. The largest absolute Gasteiger partial charge is 0.507 e. The Bertz CT molecular complexity index is 447. The van der Waals surface area contributed by atoms with Crippen molar-refractivity contribution in [2.24, 2.45) is 0 Å². The van der Waals surface area contributed by atoms with Gasteiger partial charge in [-0.3, -0.25) is 9.59 Å². The number of aliphatic hydroxyl groups excluding tert-OH is 1. The summed E-state index contributed by atoms with van der Waals surface area (Å²) in [6.45, 7) is 0. The molecule has 0 unspecified atom stereocenters. The number of hydrogen-bond acceptors (Lipinski definition) is 3. The number of carbonyl (C=O) groups excluding carboxylic acids is 2. The Morgan fingerprint density at radius 3 is 2.47 bits per heavy atom. The van der Waals surface area contributed by atoms with Gasteiger partial charge in [0.05, 0.1) is 5.57 Å². The van der Waals surface area contributed by atoms with Crippen molar-refractivity contribution in [3.8, 4) is 0 Å². The topological polar surface area (TPSA) is 54.4 Å². The highest BCUT2D eigenvalue weighted by molar-refractivity contribution is 6.06. The van der Waals surface area contributed by atoms with Gasteiger partial charge in [0.2, 0.25) is 0 Å². The first-order valence-corrected chi connectivity index (χ1v) is 4.73. The van der Waals surface area contributed by atoms with Crippen molar-refractivity contribution in [1.82, 2.24) is 0 Å². The second-order valence-electron chi connectivity index (χ2n) is 3.46. The number of hydrogen-bond donors (Lipinski definition) is 1. The number of Topliss-reactive ketones (excluding diaryl/α,β-unsaturated/α-hetero) is 1. The minimum absolute atomic E-state index is 0.0462. The van der Waals surface area contributed by atoms with Crippen LogP contribution in [0.5, 0.6) is 0 Å². The van der Waals surface area contributed by atoms with Crippen molar-refractivity contribution in [1.29, 1.82) is 0 Å². The van der Waals surface area contributed by atoms with Crippen LogP contribution < -0.4 is 0 Å². The molecule has 2 aliphatic rings. The van der Waals surface area contributed by atoms with E-state index in [-0.39, 0.29) is 29.3 Å². The summed E-state index contributed by atoms with van der Waals surface area (Å²) in [7, 11) is 0. The summed E-state index contributed by atoms with van der Waals surface area (Å²) < 4.78 is 0. The third kappa shape index (κ3) is 1.81. The average Bonchev–Trinajstić information content (AvgIpc) is 2.17. The molecule has 3 heteroatoms. The van der Waals surface area contributed by atoms with Crippen molar-refractivity contribution in [2.45, 2.75) is 12.8 Å². The fourth-order valence-electron chi connectivity index (χ4n) is 1.65. The molecule has 0 aromatic rings. The summed E-state index contributed by atoms with van der Waals surface area (Å²) in [5.74, 6) is -0.257. The molecule has 76 valence electrons. The fourth-order valence-corrected chi connectivity index (χ4v) is 1.65. The van der Waals surface area contributed by atoms with Gasteiger partial charge in [-0.2, -0.15) is 0 Å². The van der Waals surface area contributed by atoms with Crippen LogP contribution in [0, 0.1) is 0 Å². The summed E-state index contributed by atoms with van der Waals surface area (Å²) >= 11 is 0. The molecule has 0 fully saturated rings. The number of carbonyl (C=O) groups is 2. The minimum atomic E-state index is -0.152. The number of rotatable bonds is 1. The normalized spacial score (nSPS) is 20.9. The van der Waals surface area contributed by atoms with E-state index in [1.165, 1.54) is 12.2 Å². The molecular formula is C12H10O3. The zero-order valence-corrected chi connectivity index (χ0v) is 8.06. The van der Waals surface area contributed by atoms with Crippen molar-refractivity contribution >= 4 is 11.6 Å². The number of aliphatic hydroxyl groups is 1. The molecule has 1 N–H and O–H groups in total. The second kappa shape index (κ2) is 3.69. The van der Waals surface area contributed by atoms with Gasteiger partial charge in [-0.05, 0) is 17.7 Å². The van der Waals surface area contributed by atoms with E-state index in [4.69, 9.17) is 0 Å². The molecule has 0 radical (unpaired) electrons. The van der Waals surface area contributed by atoms with Crippen LogP contribution in [-0.4, -0.2) is 16.7 Å². The quantitative estimate of drug-likeness (QED) is 0.705. The van der Waals surface area contributed by atoms with Crippen LogP contribution in [0.15, 0.2) is 47.3 Å². The zero-order valence-electron chi connectivity index (χ0n) is 8.06. The van der Waals surface area contributed by atoms with Crippen LogP contribution in [-0.2, 0) is 9.59 Å². The van der Waals surface area contributed by atoms with Crippen LogP contribution in [0.2, 0.25) is 0 Å². The van der Waals surface area contributed by atoms with E-state index < -0.39 is 0 Å². The first-order chi connectivity index (χ1) is 7.18. The Morgan fingerprint density at radius 2 is 1.80 bits per heavy atom. The summed E-state index contributed by atoms with van der Waals surface area (Å²) in [5.41, 5.74) is 0.764. The van der Waals surface area contributed by atoms with Gasteiger partial charge in [0, 0.05) is 12.8 Å². The minimum Gasteiger partial charge on any atom is -0.507 e. The smallest absolute Gasteiger partial charge is 0.170 e. The highest BCUT2D eigenvalue weighted by Gasteiger charge is 2.20. The Labute approximate surface area is 87.1 Å². The SMILES string of the molecule is O=C1C=C(C2=C(O)C=CCC2=O)C=CC1. The highest BCUT2D eigenvalue weighted by Crippen LogP contribution is 2.24. The summed E-state index contributed by atoms with van der Waals surface area (Å²) in [6.07, 6.45) is 8.54. The molecule has 2 rings (SSSR count). The van der Waals surface area contributed by atoms with Gasteiger partial charge in [0.25, 0.3) is 0 Å². The monoisotopic (exact) mass is 202 g/mol. The van der Waals surface area contributed by atoms with Gasteiger partial charge in [0.1, 0.15) is 5.76 Å².